The summed E-state index contributed by atoms with van der Waals surface area (Å²) in [6.07, 6.45) is 8.83. The number of hydrogen-bond acceptors (Lipinski definition) is 2. The van der Waals surface area contributed by atoms with Crippen molar-refractivity contribution in [2.75, 3.05) is 0 Å². The van der Waals surface area contributed by atoms with Crippen LogP contribution in [0, 0.1) is 31.6 Å². The van der Waals surface area contributed by atoms with Gasteiger partial charge in [-0.15, -0.1) is 0 Å². The number of hydrogen-bond donors (Lipinski definition) is 1. The quantitative estimate of drug-likeness (QED) is 0.128. The third-order valence-corrected chi connectivity index (χ3v) is 20.7. The monoisotopic (exact) mass is 940 g/mol. The molecule has 10 rings (SSSR count). The van der Waals surface area contributed by atoms with Crippen molar-refractivity contribution in [2.45, 2.75) is 130 Å². The molecule has 0 radical (unpaired) electrons. The van der Waals surface area contributed by atoms with Crippen molar-refractivity contribution in [2.24, 2.45) is 21.2 Å². The number of phenols is 1. The standard InChI is InChI=1S/C32H35OP.C10H15N.C10H12.C6H8N.Mo/c1-31(2,3)28-22-27(23-29(30(28)33)32(4,5)6)34(24-16-10-7-11-17-24,25-18-12-8-13-19-25)26-20-14-9-15-21-26;11-10-4-7-1-8(5-10)3-9(2-7)6-10;1-10(2,3)9-7-5-4-6-8-9;1-5-3-4-6(2)7-5;/h7-23H,1-6H3;7-9H,1-6H2;1,4-8H,2-3H3;3-4H,1-2H3;/q;;;-1;/p+1. The zero-order valence-electron chi connectivity index (χ0n) is 39.6. The summed E-state index contributed by atoms with van der Waals surface area (Å²) in [6, 6.07) is 52.3. The predicted molar refractivity (Wildman–Crippen MR) is 268 cm³/mol. The molecule has 1 aromatic heterocycles. The molecule has 0 amide bonds. The van der Waals surface area contributed by atoms with E-state index in [1.165, 1.54) is 65.3 Å². The van der Waals surface area contributed by atoms with E-state index >= 15 is 0 Å². The van der Waals surface area contributed by atoms with Crippen LogP contribution in [-0.4, -0.2) is 15.0 Å². The van der Waals surface area contributed by atoms with Crippen LogP contribution in [0.25, 0.3) is 0 Å². The fourth-order valence-corrected chi connectivity index (χ4v) is 17.3. The summed E-state index contributed by atoms with van der Waals surface area (Å²) in [5, 5.41) is 16.7. The smallest absolute Gasteiger partial charge is 0.0607 e. The van der Waals surface area contributed by atoms with E-state index in [9.17, 15) is 5.11 Å². The van der Waals surface area contributed by atoms with Gasteiger partial charge in [0.2, 0.25) is 0 Å². The summed E-state index contributed by atoms with van der Waals surface area (Å²) >= 11 is -0.353. The number of phenolic OH excluding ortho intramolecular Hbond substituents is 1. The van der Waals surface area contributed by atoms with Crippen molar-refractivity contribution < 1.29 is 23.0 Å². The van der Waals surface area contributed by atoms with E-state index in [1.54, 1.807) is 0 Å². The van der Waals surface area contributed by atoms with E-state index < -0.39 is 7.26 Å². The summed E-state index contributed by atoms with van der Waals surface area (Å²) in [7, 11) is -2.23. The number of aromatic nitrogens is 1. The molecule has 330 valence electrons. The zero-order valence-corrected chi connectivity index (χ0v) is 42.5. The minimum absolute atomic E-state index is 0.176. The van der Waals surface area contributed by atoms with Gasteiger partial charge in [0.05, 0.1) is 0 Å². The van der Waals surface area contributed by atoms with Gasteiger partial charge in [-0.25, -0.2) is 0 Å². The minimum Gasteiger partial charge on any atom is -0.665 e. The maximum Gasteiger partial charge on any atom is -0.0607 e. The fourth-order valence-electron chi connectivity index (χ4n) is 10.8. The summed E-state index contributed by atoms with van der Waals surface area (Å²) < 4.78 is 7.96. The first kappa shape index (κ1) is 46.9. The SMILES string of the molecule is CC(C)(C)c1cc([P+](c2ccccc2)(c2ccccc2)c2ccccc2)cc(C(C)(C)C)c1O.CC(C)([CH]=[Mo]=[N]C12CC3CC(CC(C3)C1)C2)c1ccccc1.Cc1ccc(C)[n-]1. The van der Waals surface area contributed by atoms with Crippen molar-refractivity contribution in [3.05, 3.63) is 174 Å². The van der Waals surface area contributed by atoms with Gasteiger partial charge < -0.3 is 10.1 Å². The number of aryl methyl sites for hydroxylation is 2. The Morgan fingerprint density at radius 1 is 0.556 bits per heavy atom. The van der Waals surface area contributed by atoms with Crippen LogP contribution >= 0.6 is 7.26 Å². The van der Waals surface area contributed by atoms with Gasteiger partial charge in [-0.05, 0) is 59.4 Å². The first-order chi connectivity index (χ1) is 29.9. The van der Waals surface area contributed by atoms with Gasteiger partial charge in [0.1, 0.15) is 34.2 Å². The van der Waals surface area contributed by atoms with E-state index in [4.69, 9.17) is 3.50 Å². The maximum absolute atomic E-state index is 11.5. The van der Waals surface area contributed by atoms with E-state index in [0.717, 1.165) is 40.3 Å². The second-order valence-corrected chi connectivity index (χ2v) is 26.3. The Kier molecular flexibility index (Phi) is 14.3. The van der Waals surface area contributed by atoms with Crippen molar-refractivity contribution in [3.63, 3.8) is 0 Å². The number of aromatic hydroxyl groups is 1. The molecule has 1 N–H and O–H groups in total. The molecule has 4 aliphatic rings. The molecular formula is C58H71MoN2OP. The molecule has 4 aliphatic carbocycles. The molecule has 4 fully saturated rings. The Morgan fingerprint density at radius 2 is 0.921 bits per heavy atom. The molecule has 6 aromatic rings. The van der Waals surface area contributed by atoms with Crippen LogP contribution < -0.4 is 26.2 Å². The van der Waals surface area contributed by atoms with E-state index in [2.05, 4.69) is 198 Å². The summed E-state index contributed by atoms with van der Waals surface area (Å²) in [5.74, 6) is 3.48. The molecule has 0 spiro atoms. The Morgan fingerprint density at radius 3 is 1.25 bits per heavy atom. The largest absolute Gasteiger partial charge is 0.665 e. The Hall–Kier alpha value is -4.03. The molecule has 0 atom stereocenters. The average molecular weight is 939 g/mol. The molecule has 63 heavy (non-hydrogen) atoms. The van der Waals surface area contributed by atoms with Gasteiger partial charge in [0, 0.05) is 11.1 Å². The van der Waals surface area contributed by atoms with Gasteiger partial charge in [0.25, 0.3) is 0 Å². The van der Waals surface area contributed by atoms with Crippen LogP contribution in [0.4, 0.5) is 0 Å². The summed E-state index contributed by atoms with van der Waals surface area (Å²) in [5.41, 5.74) is 5.86. The predicted octanol–water partition coefficient (Wildman–Crippen LogP) is 12.9. The van der Waals surface area contributed by atoms with Crippen LogP contribution in [0.1, 0.15) is 122 Å². The van der Waals surface area contributed by atoms with Crippen LogP contribution in [0.3, 0.4) is 0 Å². The van der Waals surface area contributed by atoms with Gasteiger partial charge in [0.15, 0.2) is 0 Å². The molecule has 0 saturated heterocycles. The van der Waals surface area contributed by atoms with Gasteiger partial charge >= 0.3 is 143 Å². The molecule has 3 nitrogen and oxygen atoms in total. The average Bonchev–Trinajstić information content (AvgIpc) is 3.63. The molecule has 4 bridgehead atoms. The third kappa shape index (κ3) is 10.7. The number of rotatable bonds is 7. The van der Waals surface area contributed by atoms with Crippen LogP contribution in [0.5, 0.6) is 5.75 Å². The van der Waals surface area contributed by atoms with Crippen molar-refractivity contribution in [1.29, 1.82) is 0 Å². The maximum atomic E-state index is 11.5. The van der Waals surface area contributed by atoms with E-state index in [0.29, 0.717) is 11.3 Å². The van der Waals surface area contributed by atoms with Gasteiger partial charge in [-0.2, -0.15) is 11.4 Å². The molecular weight excluding hydrogens is 868 g/mol. The second-order valence-electron chi connectivity index (χ2n) is 21.3. The number of nitrogens with zero attached hydrogens (tertiary/aromatic N) is 2. The Bertz CT molecular complexity index is 2300. The van der Waals surface area contributed by atoms with E-state index in [1.807, 2.05) is 26.0 Å². The normalized spacial score (nSPS) is 20.4. The number of benzene rings is 5. The van der Waals surface area contributed by atoms with Crippen LogP contribution in [0.15, 0.2) is 149 Å². The minimum atomic E-state index is -2.23. The van der Waals surface area contributed by atoms with Gasteiger partial charge in [-0.1, -0.05) is 122 Å². The Labute approximate surface area is 388 Å². The van der Waals surface area contributed by atoms with Crippen molar-refractivity contribution >= 4 is 32.9 Å². The van der Waals surface area contributed by atoms with Crippen LogP contribution in [-0.2, 0) is 34.2 Å². The molecule has 5 aromatic carbocycles. The Balaban J connectivity index is 0.000000173. The zero-order chi connectivity index (χ0) is 45.0. The third-order valence-electron chi connectivity index (χ3n) is 13.6. The fraction of sp³-hybridized carbons (Fsp3) is 0.397. The molecule has 1 heterocycles. The van der Waals surface area contributed by atoms with E-state index in [-0.39, 0.29) is 34.2 Å². The van der Waals surface area contributed by atoms with Gasteiger partial charge in [-0.3, -0.25) is 0 Å². The molecule has 0 unspecified atom stereocenters. The molecule has 0 aliphatic heterocycles. The van der Waals surface area contributed by atoms with Crippen molar-refractivity contribution in [3.8, 4) is 5.75 Å². The van der Waals surface area contributed by atoms with Crippen molar-refractivity contribution in [1.82, 2.24) is 4.98 Å². The summed E-state index contributed by atoms with van der Waals surface area (Å²) in [6.45, 7) is 21.8. The van der Waals surface area contributed by atoms with Crippen LogP contribution in [0.2, 0.25) is 0 Å². The topological polar surface area (TPSA) is 46.7 Å². The molecule has 4 saturated carbocycles. The first-order valence-electron chi connectivity index (χ1n) is 23.2. The first-order valence-corrected chi connectivity index (χ1v) is 27.0. The molecule has 5 heteroatoms. The second kappa shape index (κ2) is 19.2. The summed E-state index contributed by atoms with van der Waals surface area (Å²) in [4.78, 5) is 4.11.